The average molecular weight is 419 g/mol. The highest BCUT2D eigenvalue weighted by Crippen LogP contribution is 2.24. The van der Waals surface area contributed by atoms with Gasteiger partial charge in [0.2, 0.25) is 0 Å². The highest BCUT2D eigenvalue weighted by Gasteiger charge is 2.19. The molecule has 0 aliphatic carbocycles. The van der Waals surface area contributed by atoms with Gasteiger partial charge in [0.25, 0.3) is 0 Å². The van der Waals surface area contributed by atoms with Crippen LogP contribution in [0.25, 0.3) is 11.2 Å². The van der Waals surface area contributed by atoms with Gasteiger partial charge in [0, 0.05) is 37.8 Å². The number of halogens is 2. The Morgan fingerprint density at radius 3 is 2.90 bits per heavy atom. The van der Waals surface area contributed by atoms with Crippen molar-refractivity contribution in [3.8, 4) is 0 Å². The molecule has 0 radical (unpaired) electrons. The number of aromatic nitrogens is 3. The van der Waals surface area contributed by atoms with E-state index < -0.39 is 5.82 Å². The van der Waals surface area contributed by atoms with Crippen molar-refractivity contribution in [2.24, 2.45) is 0 Å². The van der Waals surface area contributed by atoms with Crippen LogP contribution in [0.2, 0.25) is 5.02 Å². The van der Waals surface area contributed by atoms with Crippen LogP contribution in [-0.4, -0.2) is 63.7 Å². The third-order valence-corrected chi connectivity index (χ3v) is 5.11. The molecule has 1 aliphatic rings. The highest BCUT2D eigenvalue weighted by molar-refractivity contribution is 6.31. The Morgan fingerprint density at radius 2 is 2.14 bits per heavy atom. The van der Waals surface area contributed by atoms with Crippen molar-refractivity contribution in [2.75, 3.05) is 37.9 Å². The first-order valence-electron chi connectivity index (χ1n) is 9.19. The lowest BCUT2D eigenvalue weighted by atomic mass is 10.2. The van der Waals surface area contributed by atoms with Gasteiger partial charge in [-0.05, 0) is 24.3 Å². The molecule has 0 saturated carbocycles. The van der Waals surface area contributed by atoms with Gasteiger partial charge in [-0.1, -0.05) is 11.6 Å². The van der Waals surface area contributed by atoms with Crippen LogP contribution in [0.15, 0.2) is 30.5 Å². The third kappa shape index (κ3) is 4.23. The average Bonchev–Trinajstić information content (AvgIpc) is 3.17. The van der Waals surface area contributed by atoms with E-state index in [0.29, 0.717) is 28.2 Å². The van der Waals surface area contributed by atoms with Crippen molar-refractivity contribution in [1.29, 1.82) is 5.41 Å². The second-order valence-corrected chi connectivity index (χ2v) is 7.11. The van der Waals surface area contributed by atoms with Gasteiger partial charge in [0.1, 0.15) is 11.6 Å². The summed E-state index contributed by atoms with van der Waals surface area (Å²) in [6.45, 7) is 4.11. The molecule has 29 heavy (non-hydrogen) atoms. The minimum Gasteiger partial charge on any atom is -0.379 e. The zero-order valence-corrected chi connectivity index (χ0v) is 16.3. The van der Waals surface area contributed by atoms with Gasteiger partial charge in [0.15, 0.2) is 11.5 Å². The smallest absolute Gasteiger partial charge is 0.178 e. The van der Waals surface area contributed by atoms with Gasteiger partial charge in [-0.25, -0.2) is 19.4 Å². The molecule has 1 aromatic carbocycles. The van der Waals surface area contributed by atoms with E-state index in [1.807, 2.05) is 0 Å². The predicted molar refractivity (Wildman–Crippen MR) is 107 cm³/mol. The number of amidine groups is 1. The Hall–Kier alpha value is -2.59. The third-order valence-electron chi connectivity index (χ3n) is 4.82. The van der Waals surface area contributed by atoms with Crippen molar-refractivity contribution in [3.05, 3.63) is 52.7 Å². The highest BCUT2D eigenvalue weighted by atomic mass is 35.5. The number of H-pyrrole nitrogens is 1. The molecule has 0 amide bonds. The van der Waals surface area contributed by atoms with E-state index in [1.54, 1.807) is 6.07 Å². The molecule has 8 nitrogen and oxygen atoms in total. The van der Waals surface area contributed by atoms with E-state index in [0.717, 1.165) is 44.7 Å². The molecule has 10 heteroatoms. The van der Waals surface area contributed by atoms with Crippen LogP contribution in [0.5, 0.6) is 0 Å². The molecule has 3 aromatic rings. The number of hydroxylamine groups is 1. The van der Waals surface area contributed by atoms with Crippen LogP contribution >= 0.6 is 11.6 Å². The molecule has 4 rings (SSSR count). The molecule has 0 unspecified atom stereocenters. The Kier molecular flexibility index (Phi) is 5.72. The topological polar surface area (TPSA) is 101 Å². The first-order valence-corrected chi connectivity index (χ1v) is 9.57. The molecule has 2 aromatic heterocycles. The fourth-order valence-corrected chi connectivity index (χ4v) is 3.40. The number of pyridine rings is 1. The summed E-state index contributed by atoms with van der Waals surface area (Å²) >= 11 is 5.78. The summed E-state index contributed by atoms with van der Waals surface area (Å²) in [7, 11) is 0. The second-order valence-electron chi connectivity index (χ2n) is 6.70. The van der Waals surface area contributed by atoms with E-state index in [4.69, 9.17) is 21.7 Å². The lowest BCUT2D eigenvalue weighted by Gasteiger charge is -2.25. The molecule has 1 fully saturated rings. The number of ether oxygens (including phenoxy) is 1. The standard InChI is InChI=1S/C19H20ClFN6O2/c20-14-11-12(1-2-15(14)21)27(28)18(22)13-3-5-23-19-17(13)24-16(25-19)4-6-26-7-9-29-10-8-26/h1-3,5,11,22,28H,4,6-10H2,(H,23,24,25). The maximum atomic E-state index is 13.4. The van der Waals surface area contributed by atoms with E-state index in [-0.39, 0.29) is 16.5 Å². The molecule has 0 bridgehead atoms. The molecule has 152 valence electrons. The minimum atomic E-state index is -0.597. The lowest BCUT2D eigenvalue weighted by molar-refractivity contribution is 0.0382. The van der Waals surface area contributed by atoms with E-state index in [2.05, 4.69) is 19.9 Å². The molecule has 1 saturated heterocycles. The number of nitrogens with one attached hydrogen (secondary N) is 2. The van der Waals surface area contributed by atoms with Gasteiger partial charge in [-0.15, -0.1) is 0 Å². The van der Waals surface area contributed by atoms with Crippen molar-refractivity contribution < 1.29 is 14.3 Å². The molecular formula is C19H20ClFN6O2. The minimum absolute atomic E-state index is 0.138. The van der Waals surface area contributed by atoms with E-state index in [9.17, 15) is 9.60 Å². The number of aromatic amines is 1. The Balaban J connectivity index is 1.55. The summed E-state index contributed by atoms with van der Waals surface area (Å²) in [4.78, 5) is 14.3. The van der Waals surface area contributed by atoms with E-state index in [1.165, 1.54) is 18.3 Å². The fourth-order valence-electron chi connectivity index (χ4n) is 3.22. The molecule has 0 atom stereocenters. The summed E-state index contributed by atoms with van der Waals surface area (Å²) in [5.74, 6) is -0.0443. The van der Waals surface area contributed by atoms with Gasteiger partial charge < -0.3 is 9.72 Å². The monoisotopic (exact) mass is 418 g/mol. The number of hydrogen-bond acceptors (Lipinski definition) is 6. The number of anilines is 1. The van der Waals surface area contributed by atoms with Crippen LogP contribution in [-0.2, 0) is 11.2 Å². The maximum absolute atomic E-state index is 13.4. The maximum Gasteiger partial charge on any atom is 0.178 e. The first-order chi connectivity index (χ1) is 14.0. The number of rotatable bonds is 5. The van der Waals surface area contributed by atoms with Crippen LogP contribution in [0.1, 0.15) is 11.4 Å². The summed E-state index contributed by atoms with van der Waals surface area (Å²) in [6.07, 6.45) is 2.24. The number of imidazole rings is 1. The number of morpholine rings is 1. The van der Waals surface area contributed by atoms with Crippen molar-refractivity contribution in [2.45, 2.75) is 6.42 Å². The van der Waals surface area contributed by atoms with Crippen LogP contribution in [0.3, 0.4) is 0 Å². The van der Waals surface area contributed by atoms with Gasteiger partial charge in [-0.2, -0.15) is 0 Å². The summed E-state index contributed by atoms with van der Waals surface area (Å²) in [5, 5.41) is 19.4. The van der Waals surface area contributed by atoms with Crippen LogP contribution in [0, 0.1) is 11.2 Å². The lowest BCUT2D eigenvalue weighted by Crippen LogP contribution is -2.37. The van der Waals surface area contributed by atoms with Crippen molar-refractivity contribution in [3.63, 3.8) is 0 Å². The largest absolute Gasteiger partial charge is 0.379 e. The van der Waals surface area contributed by atoms with E-state index >= 15 is 0 Å². The van der Waals surface area contributed by atoms with Crippen molar-refractivity contribution in [1.82, 2.24) is 19.9 Å². The zero-order valence-electron chi connectivity index (χ0n) is 15.5. The Labute approximate surface area is 171 Å². The molecule has 3 N–H and O–H groups in total. The summed E-state index contributed by atoms with van der Waals surface area (Å²) < 4.78 is 18.7. The van der Waals surface area contributed by atoms with Crippen LogP contribution in [0.4, 0.5) is 10.1 Å². The summed E-state index contributed by atoms with van der Waals surface area (Å²) in [6, 6.07) is 5.35. The molecule has 3 heterocycles. The number of hydrogen-bond donors (Lipinski definition) is 3. The molecule has 1 aliphatic heterocycles. The van der Waals surface area contributed by atoms with Gasteiger partial charge in [0.05, 0.1) is 29.4 Å². The van der Waals surface area contributed by atoms with Crippen LogP contribution < -0.4 is 5.06 Å². The van der Waals surface area contributed by atoms with Gasteiger partial charge in [-0.3, -0.25) is 15.5 Å². The van der Waals surface area contributed by atoms with Gasteiger partial charge >= 0.3 is 0 Å². The number of nitrogens with zero attached hydrogens (tertiary/aromatic N) is 4. The number of fused-ring (bicyclic) bond motifs is 1. The molecule has 0 spiro atoms. The van der Waals surface area contributed by atoms with Crippen molar-refractivity contribution >= 4 is 34.3 Å². The zero-order chi connectivity index (χ0) is 20.4. The Bertz CT molecular complexity index is 1040. The predicted octanol–water partition coefficient (Wildman–Crippen LogP) is 2.85. The number of benzene rings is 1. The Morgan fingerprint density at radius 1 is 1.34 bits per heavy atom. The normalized spacial score (nSPS) is 15.0. The molecular weight excluding hydrogens is 399 g/mol. The summed E-state index contributed by atoms with van der Waals surface area (Å²) in [5.41, 5.74) is 1.62. The second kappa shape index (κ2) is 8.42. The SMILES string of the molecule is N=C(c1ccnc2nc(CCN3CCOCC3)[nH]c12)N(O)c1ccc(F)c(Cl)c1. The first kappa shape index (κ1) is 19.7. The fraction of sp³-hybridized carbons (Fsp3) is 0.316. The quantitative estimate of drug-likeness (QED) is 0.334.